The van der Waals surface area contributed by atoms with E-state index in [9.17, 15) is 0 Å². The summed E-state index contributed by atoms with van der Waals surface area (Å²) in [4.78, 5) is 0. The van der Waals surface area contributed by atoms with Crippen LogP contribution in [0.1, 0.15) is 29.2 Å². The van der Waals surface area contributed by atoms with Gasteiger partial charge in [0.1, 0.15) is 0 Å². The minimum atomic E-state index is 0.267. The van der Waals surface area contributed by atoms with Gasteiger partial charge in [0.2, 0.25) is 0 Å². The molecule has 2 aromatic carbocycles. The molecule has 3 rings (SSSR count). The van der Waals surface area contributed by atoms with Crippen LogP contribution in [-0.4, -0.2) is 7.05 Å². The van der Waals surface area contributed by atoms with Gasteiger partial charge in [-0.2, -0.15) is 0 Å². The van der Waals surface area contributed by atoms with Crippen molar-refractivity contribution in [2.24, 2.45) is 5.92 Å². The van der Waals surface area contributed by atoms with E-state index in [1.54, 1.807) is 0 Å². The highest BCUT2D eigenvalue weighted by Crippen LogP contribution is 2.37. The second-order valence-electron chi connectivity index (χ2n) is 5.70. The number of nitrogens with one attached hydrogen (secondary N) is 1. The lowest BCUT2D eigenvalue weighted by atomic mass is 9.78. The number of aryl methyl sites for hydroxylation is 1. The molecule has 0 amide bonds. The summed E-state index contributed by atoms with van der Waals surface area (Å²) in [6.07, 6.45) is 3.42. The fraction of sp³-hybridized carbons (Fsp3) is 0.333. The van der Waals surface area contributed by atoms with E-state index in [-0.39, 0.29) is 6.04 Å². The first-order valence-corrected chi connectivity index (χ1v) is 8.13. The Bertz CT molecular complexity index is 639. The lowest BCUT2D eigenvalue weighted by Gasteiger charge is -2.32. The summed E-state index contributed by atoms with van der Waals surface area (Å²) in [5.41, 5.74) is 4.11. The molecule has 0 saturated heterocycles. The minimum absolute atomic E-state index is 0.267. The molecule has 0 bridgehead atoms. The Morgan fingerprint density at radius 2 is 1.86 bits per heavy atom. The monoisotopic (exact) mass is 319 g/mol. The summed E-state index contributed by atoms with van der Waals surface area (Å²) in [6.45, 7) is 0. The molecule has 1 N–H and O–H groups in total. The summed E-state index contributed by atoms with van der Waals surface area (Å²) in [5.74, 6) is 0.559. The smallest absolute Gasteiger partial charge is 0.0468 e. The maximum absolute atomic E-state index is 6.40. The van der Waals surface area contributed by atoms with Crippen LogP contribution < -0.4 is 5.32 Å². The van der Waals surface area contributed by atoms with Gasteiger partial charge in [-0.1, -0.05) is 53.5 Å². The van der Waals surface area contributed by atoms with Crippen LogP contribution in [0.2, 0.25) is 10.0 Å². The van der Waals surface area contributed by atoms with Crippen molar-refractivity contribution in [3.05, 3.63) is 69.2 Å². The van der Waals surface area contributed by atoms with E-state index in [1.165, 1.54) is 17.5 Å². The summed E-state index contributed by atoms with van der Waals surface area (Å²) in [6, 6.07) is 14.8. The van der Waals surface area contributed by atoms with Crippen LogP contribution in [0, 0.1) is 5.92 Å². The van der Waals surface area contributed by atoms with Crippen molar-refractivity contribution in [1.82, 2.24) is 5.32 Å². The molecule has 0 aliphatic heterocycles. The van der Waals surface area contributed by atoms with E-state index in [2.05, 4.69) is 29.6 Å². The first-order valence-electron chi connectivity index (χ1n) is 7.38. The van der Waals surface area contributed by atoms with E-state index in [0.29, 0.717) is 10.9 Å². The zero-order valence-electron chi connectivity index (χ0n) is 12.1. The molecule has 2 unspecified atom stereocenters. The van der Waals surface area contributed by atoms with Gasteiger partial charge in [-0.05, 0) is 61.1 Å². The molecule has 1 aliphatic rings. The summed E-state index contributed by atoms with van der Waals surface area (Å²) in [5, 5.41) is 4.89. The van der Waals surface area contributed by atoms with Gasteiger partial charge in [0, 0.05) is 16.1 Å². The summed E-state index contributed by atoms with van der Waals surface area (Å²) < 4.78 is 0. The molecular weight excluding hydrogens is 301 g/mol. The van der Waals surface area contributed by atoms with Crippen LogP contribution in [-0.2, 0) is 12.8 Å². The maximum Gasteiger partial charge on any atom is 0.0468 e. The van der Waals surface area contributed by atoms with E-state index in [1.807, 2.05) is 25.2 Å². The third kappa shape index (κ3) is 3.11. The normalized spacial score (nSPS) is 19.1. The fourth-order valence-electron chi connectivity index (χ4n) is 3.41. The molecule has 1 aliphatic carbocycles. The Hall–Kier alpha value is -1.02. The van der Waals surface area contributed by atoms with Gasteiger partial charge in [0.25, 0.3) is 0 Å². The van der Waals surface area contributed by atoms with Crippen LogP contribution in [0.25, 0.3) is 0 Å². The van der Waals surface area contributed by atoms with E-state index >= 15 is 0 Å². The predicted octanol–water partition coefficient (Wildman–Crippen LogP) is 5.06. The Morgan fingerprint density at radius 1 is 1.10 bits per heavy atom. The van der Waals surface area contributed by atoms with Crippen molar-refractivity contribution in [1.29, 1.82) is 0 Å². The van der Waals surface area contributed by atoms with E-state index in [0.717, 1.165) is 23.4 Å². The number of hydrogen-bond acceptors (Lipinski definition) is 1. The summed E-state index contributed by atoms with van der Waals surface area (Å²) >= 11 is 12.4. The number of benzene rings is 2. The molecule has 3 heteroatoms. The zero-order chi connectivity index (χ0) is 14.8. The molecule has 0 spiro atoms. The molecule has 21 heavy (non-hydrogen) atoms. The van der Waals surface area contributed by atoms with Crippen molar-refractivity contribution in [3.63, 3.8) is 0 Å². The zero-order valence-corrected chi connectivity index (χ0v) is 13.6. The topological polar surface area (TPSA) is 12.0 Å². The molecule has 2 atom stereocenters. The predicted molar refractivity (Wildman–Crippen MR) is 90.2 cm³/mol. The minimum Gasteiger partial charge on any atom is -0.313 e. The maximum atomic E-state index is 6.40. The van der Waals surface area contributed by atoms with Crippen LogP contribution >= 0.6 is 23.2 Å². The molecule has 0 heterocycles. The molecule has 110 valence electrons. The molecule has 0 saturated carbocycles. The standard InChI is InChI=1S/C18H19Cl2N/c1-21-18(16-9-8-15(19)11-17(16)20)14-7-6-12-4-2-3-5-13(12)10-14/h2-5,8-9,11,14,18,21H,6-7,10H2,1H3. The SMILES string of the molecule is CNC(c1ccc(Cl)cc1Cl)C1CCc2ccccc2C1. The highest BCUT2D eigenvalue weighted by molar-refractivity contribution is 6.35. The highest BCUT2D eigenvalue weighted by Gasteiger charge is 2.27. The van der Waals surface area contributed by atoms with Gasteiger partial charge in [0.15, 0.2) is 0 Å². The molecule has 2 aromatic rings. The second-order valence-corrected chi connectivity index (χ2v) is 6.55. The van der Waals surface area contributed by atoms with Gasteiger partial charge in [-0.25, -0.2) is 0 Å². The van der Waals surface area contributed by atoms with Crippen molar-refractivity contribution < 1.29 is 0 Å². The Morgan fingerprint density at radius 3 is 2.57 bits per heavy atom. The largest absolute Gasteiger partial charge is 0.313 e. The van der Waals surface area contributed by atoms with Crippen molar-refractivity contribution in [2.45, 2.75) is 25.3 Å². The van der Waals surface area contributed by atoms with Crippen LogP contribution in [0.5, 0.6) is 0 Å². The average molecular weight is 320 g/mol. The Balaban J connectivity index is 1.88. The Labute approximate surface area is 136 Å². The van der Waals surface area contributed by atoms with Crippen molar-refractivity contribution in [2.75, 3.05) is 7.05 Å². The third-order valence-corrected chi connectivity index (χ3v) is 5.03. The number of halogens is 2. The molecule has 1 nitrogen and oxygen atoms in total. The molecular formula is C18H19Cl2N. The summed E-state index contributed by atoms with van der Waals surface area (Å²) in [7, 11) is 2.01. The fourth-order valence-corrected chi connectivity index (χ4v) is 3.94. The van der Waals surface area contributed by atoms with Crippen molar-refractivity contribution in [3.8, 4) is 0 Å². The van der Waals surface area contributed by atoms with Gasteiger partial charge in [0.05, 0.1) is 0 Å². The molecule has 0 radical (unpaired) electrons. The van der Waals surface area contributed by atoms with Gasteiger partial charge in [-0.15, -0.1) is 0 Å². The first-order chi connectivity index (χ1) is 10.2. The van der Waals surface area contributed by atoms with Gasteiger partial charge in [-0.3, -0.25) is 0 Å². The number of fused-ring (bicyclic) bond motifs is 1. The lowest BCUT2D eigenvalue weighted by molar-refractivity contribution is 0.342. The number of hydrogen-bond donors (Lipinski definition) is 1. The molecule has 0 fully saturated rings. The lowest BCUT2D eigenvalue weighted by Crippen LogP contribution is -2.29. The van der Waals surface area contributed by atoms with E-state index < -0.39 is 0 Å². The Kier molecular flexibility index (Phi) is 4.54. The van der Waals surface area contributed by atoms with Crippen molar-refractivity contribution >= 4 is 23.2 Å². The van der Waals surface area contributed by atoms with Crippen LogP contribution in [0.15, 0.2) is 42.5 Å². The average Bonchev–Trinajstić information content (AvgIpc) is 2.50. The van der Waals surface area contributed by atoms with E-state index in [4.69, 9.17) is 23.2 Å². The highest BCUT2D eigenvalue weighted by atomic mass is 35.5. The quantitative estimate of drug-likeness (QED) is 0.833. The van der Waals surface area contributed by atoms with Crippen LogP contribution in [0.3, 0.4) is 0 Å². The van der Waals surface area contributed by atoms with Gasteiger partial charge < -0.3 is 5.32 Å². The third-order valence-electron chi connectivity index (χ3n) is 4.46. The molecule has 0 aromatic heterocycles. The second kappa shape index (κ2) is 6.39. The first kappa shape index (κ1) is 14.9. The number of rotatable bonds is 3. The van der Waals surface area contributed by atoms with Crippen LogP contribution in [0.4, 0.5) is 0 Å². The van der Waals surface area contributed by atoms with Gasteiger partial charge >= 0.3 is 0 Å².